The topological polar surface area (TPSA) is 63.4 Å². The number of aryl methyl sites for hydroxylation is 1. The molecule has 2 saturated heterocycles. The summed E-state index contributed by atoms with van der Waals surface area (Å²) in [6.45, 7) is 6.24. The van der Waals surface area contributed by atoms with Gasteiger partial charge in [0.2, 0.25) is 0 Å². The molecule has 0 radical (unpaired) electrons. The van der Waals surface area contributed by atoms with Gasteiger partial charge in [0.05, 0.1) is 24.6 Å². The summed E-state index contributed by atoms with van der Waals surface area (Å²) >= 11 is 0. The predicted octanol–water partition coefficient (Wildman–Crippen LogP) is 2.69. The standard InChI is InChI=1S/C19H30N4O/c1-14-17(22-16-4-2-15(20)3-5-16)6-7-18(21-14)23-10-8-19(9-11-23)12-24-13-19/h6-7,15-16,22H,2-5,8-13,20H2,1H3. The summed E-state index contributed by atoms with van der Waals surface area (Å²) < 4.78 is 5.42. The molecular weight excluding hydrogens is 300 g/mol. The van der Waals surface area contributed by atoms with E-state index in [1.54, 1.807) is 0 Å². The van der Waals surface area contributed by atoms with E-state index in [1.807, 2.05) is 0 Å². The summed E-state index contributed by atoms with van der Waals surface area (Å²) in [6.07, 6.45) is 7.05. The van der Waals surface area contributed by atoms with Crippen molar-refractivity contribution >= 4 is 11.5 Å². The number of ether oxygens (including phenoxy) is 1. The zero-order chi connectivity index (χ0) is 16.6. The lowest BCUT2D eigenvalue weighted by Crippen LogP contribution is -2.51. The summed E-state index contributed by atoms with van der Waals surface area (Å²) in [5.41, 5.74) is 8.77. The number of pyridine rings is 1. The number of nitrogens with zero attached hydrogens (tertiary/aromatic N) is 2. The maximum absolute atomic E-state index is 6.00. The fraction of sp³-hybridized carbons (Fsp3) is 0.737. The molecule has 0 unspecified atom stereocenters. The van der Waals surface area contributed by atoms with Crippen molar-refractivity contribution in [2.45, 2.75) is 57.5 Å². The first kappa shape index (κ1) is 16.2. The van der Waals surface area contributed by atoms with E-state index in [2.05, 4.69) is 29.3 Å². The number of nitrogens with one attached hydrogen (secondary N) is 1. The molecule has 1 spiro atoms. The van der Waals surface area contributed by atoms with E-state index in [-0.39, 0.29) is 0 Å². The van der Waals surface area contributed by atoms with Gasteiger partial charge in [0.25, 0.3) is 0 Å². The molecule has 3 fully saturated rings. The summed E-state index contributed by atoms with van der Waals surface area (Å²) in [5, 5.41) is 3.68. The second kappa shape index (κ2) is 6.52. The third kappa shape index (κ3) is 3.24. The van der Waals surface area contributed by atoms with Crippen LogP contribution >= 0.6 is 0 Å². The zero-order valence-corrected chi connectivity index (χ0v) is 14.8. The van der Waals surface area contributed by atoms with Crippen molar-refractivity contribution < 1.29 is 4.74 Å². The lowest BCUT2D eigenvalue weighted by Gasteiger charge is -2.47. The van der Waals surface area contributed by atoms with Crippen LogP contribution in [0.15, 0.2) is 12.1 Å². The number of aromatic nitrogens is 1. The fourth-order valence-electron chi connectivity index (χ4n) is 4.25. The van der Waals surface area contributed by atoms with Gasteiger partial charge in [-0.1, -0.05) is 0 Å². The zero-order valence-electron chi connectivity index (χ0n) is 14.8. The van der Waals surface area contributed by atoms with E-state index in [1.165, 1.54) is 31.4 Å². The second-order valence-electron chi connectivity index (χ2n) is 8.04. The third-order valence-electron chi connectivity index (χ3n) is 6.17. The predicted molar refractivity (Wildman–Crippen MR) is 97.5 cm³/mol. The Morgan fingerprint density at radius 2 is 1.88 bits per heavy atom. The van der Waals surface area contributed by atoms with Crippen molar-refractivity contribution in [3.05, 3.63) is 17.8 Å². The highest BCUT2D eigenvalue weighted by Gasteiger charge is 2.41. The molecule has 1 aromatic rings. The SMILES string of the molecule is Cc1nc(N2CCC3(CC2)COC3)ccc1NC1CCC(N)CC1. The van der Waals surface area contributed by atoms with E-state index in [4.69, 9.17) is 15.5 Å². The normalized spacial score (nSPS) is 29.3. The van der Waals surface area contributed by atoms with Crippen LogP contribution in [0.2, 0.25) is 0 Å². The molecule has 5 nitrogen and oxygen atoms in total. The summed E-state index contributed by atoms with van der Waals surface area (Å²) in [7, 11) is 0. The van der Waals surface area contributed by atoms with Crippen LogP contribution in [0.4, 0.5) is 11.5 Å². The molecule has 4 rings (SSSR count). The van der Waals surface area contributed by atoms with Crippen LogP contribution in [0, 0.1) is 12.3 Å². The van der Waals surface area contributed by atoms with E-state index >= 15 is 0 Å². The number of hydrogen-bond acceptors (Lipinski definition) is 5. The average molecular weight is 330 g/mol. The lowest BCUT2D eigenvalue weighted by atomic mass is 9.77. The number of rotatable bonds is 3. The number of nitrogens with two attached hydrogens (primary N) is 1. The molecule has 5 heteroatoms. The molecule has 3 heterocycles. The largest absolute Gasteiger partial charge is 0.381 e. The van der Waals surface area contributed by atoms with Gasteiger partial charge in [0, 0.05) is 30.6 Å². The molecular formula is C19H30N4O. The number of piperidine rings is 1. The third-order valence-corrected chi connectivity index (χ3v) is 6.17. The molecule has 132 valence electrons. The highest BCUT2D eigenvalue weighted by atomic mass is 16.5. The maximum atomic E-state index is 6.00. The highest BCUT2D eigenvalue weighted by Crippen LogP contribution is 2.39. The Bertz CT molecular complexity index is 569. The molecule has 3 N–H and O–H groups in total. The van der Waals surface area contributed by atoms with Crippen LogP contribution in [0.3, 0.4) is 0 Å². The van der Waals surface area contributed by atoms with Gasteiger partial charge in [-0.25, -0.2) is 4.98 Å². The Morgan fingerprint density at radius 3 is 2.46 bits per heavy atom. The Morgan fingerprint density at radius 1 is 1.17 bits per heavy atom. The summed E-state index contributed by atoms with van der Waals surface area (Å²) in [6, 6.07) is 5.33. The first-order valence-corrected chi connectivity index (χ1v) is 9.46. The van der Waals surface area contributed by atoms with Crippen molar-refractivity contribution in [2.75, 3.05) is 36.5 Å². The van der Waals surface area contributed by atoms with E-state index in [9.17, 15) is 0 Å². The van der Waals surface area contributed by atoms with Gasteiger partial charge in [-0.2, -0.15) is 0 Å². The molecule has 1 aliphatic carbocycles. The van der Waals surface area contributed by atoms with Crippen molar-refractivity contribution in [1.29, 1.82) is 0 Å². The molecule has 2 aliphatic heterocycles. The smallest absolute Gasteiger partial charge is 0.128 e. The summed E-state index contributed by atoms with van der Waals surface area (Å²) in [4.78, 5) is 7.31. The molecule has 24 heavy (non-hydrogen) atoms. The van der Waals surface area contributed by atoms with Gasteiger partial charge < -0.3 is 20.7 Å². The van der Waals surface area contributed by atoms with Gasteiger partial charge in [-0.3, -0.25) is 0 Å². The molecule has 1 saturated carbocycles. The monoisotopic (exact) mass is 330 g/mol. The minimum Gasteiger partial charge on any atom is -0.381 e. The van der Waals surface area contributed by atoms with Crippen LogP contribution in [0.5, 0.6) is 0 Å². The number of hydrogen-bond donors (Lipinski definition) is 2. The first-order valence-electron chi connectivity index (χ1n) is 9.46. The van der Waals surface area contributed by atoms with E-state index < -0.39 is 0 Å². The van der Waals surface area contributed by atoms with Crippen molar-refractivity contribution in [3.63, 3.8) is 0 Å². The van der Waals surface area contributed by atoms with E-state index in [0.29, 0.717) is 17.5 Å². The van der Waals surface area contributed by atoms with Crippen molar-refractivity contribution in [1.82, 2.24) is 4.98 Å². The van der Waals surface area contributed by atoms with Gasteiger partial charge in [-0.05, 0) is 57.6 Å². The maximum Gasteiger partial charge on any atom is 0.128 e. The van der Waals surface area contributed by atoms with Crippen LogP contribution in [0.25, 0.3) is 0 Å². The summed E-state index contributed by atoms with van der Waals surface area (Å²) in [5.74, 6) is 1.12. The van der Waals surface area contributed by atoms with Gasteiger partial charge >= 0.3 is 0 Å². The van der Waals surface area contributed by atoms with Gasteiger partial charge in [-0.15, -0.1) is 0 Å². The Hall–Kier alpha value is -1.33. The quantitative estimate of drug-likeness (QED) is 0.892. The average Bonchev–Trinajstić information content (AvgIpc) is 2.57. The minimum absolute atomic E-state index is 0.396. The van der Waals surface area contributed by atoms with E-state index in [0.717, 1.165) is 50.7 Å². The second-order valence-corrected chi connectivity index (χ2v) is 8.04. The highest BCUT2D eigenvalue weighted by molar-refractivity contribution is 5.54. The molecule has 0 amide bonds. The molecule has 0 bridgehead atoms. The Balaban J connectivity index is 1.37. The molecule has 0 atom stereocenters. The van der Waals surface area contributed by atoms with Gasteiger partial charge in [0.15, 0.2) is 0 Å². The number of anilines is 2. The fourth-order valence-corrected chi connectivity index (χ4v) is 4.25. The minimum atomic E-state index is 0.396. The first-order chi connectivity index (χ1) is 11.6. The van der Waals surface area contributed by atoms with Crippen LogP contribution < -0.4 is 16.0 Å². The van der Waals surface area contributed by atoms with Crippen molar-refractivity contribution in [2.24, 2.45) is 11.1 Å². The van der Waals surface area contributed by atoms with Crippen LogP contribution in [0.1, 0.15) is 44.2 Å². The Labute approximate surface area is 145 Å². The Kier molecular flexibility index (Phi) is 4.39. The molecule has 0 aromatic carbocycles. The van der Waals surface area contributed by atoms with Crippen LogP contribution in [-0.4, -0.2) is 43.4 Å². The van der Waals surface area contributed by atoms with Gasteiger partial charge in [0.1, 0.15) is 5.82 Å². The lowest BCUT2D eigenvalue weighted by molar-refractivity contribution is -0.124. The molecule has 1 aromatic heterocycles. The van der Waals surface area contributed by atoms with Crippen LogP contribution in [-0.2, 0) is 4.74 Å². The molecule has 3 aliphatic rings. The van der Waals surface area contributed by atoms with Crippen molar-refractivity contribution in [3.8, 4) is 0 Å².